The summed E-state index contributed by atoms with van der Waals surface area (Å²) in [5.41, 5.74) is 2.80. The van der Waals surface area contributed by atoms with Crippen LogP contribution in [-0.4, -0.2) is 117 Å². The molecule has 0 aliphatic rings. The van der Waals surface area contributed by atoms with Gasteiger partial charge >= 0.3 is 211 Å². The summed E-state index contributed by atoms with van der Waals surface area (Å²) in [6, 6.07) is 12.2. The van der Waals surface area contributed by atoms with Crippen LogP contribution in [0.15, 0.2) is 58.4 Å². The molecule has 0 radical (unpaired) electrons. The van der Waals surface area contributed by atoms with Crippen LogP contribution in [0.3, 0.4) is 0 Å². The first-order valence-corrected chi connectivity index (χ1v) is 18.7. The average molecular weight is 708 g/mol. The summed E-state index contributed by atoms with van der Waals surface area (Å²) in [6.07, 6.45) is 6.16. The van der Waals surface area contributed by atoms with Crippen LogP contribution < -0.4 is 4.74 Å². The van der Waals surface area contributed by atoms with Gasteiger partial charge in [0.2, 0.25) is 0 Å². The number of fused-ring (bicyclic) bond motifs is 2. The second kappa shape index (κ2) is 21.8. The summed E-state index contributed by atoms with van der Waals surface area (Å²) < 4.78 is 8.26. The van der Waals surface area contributed by atoms with Crippen molar-refractivity contribution in [1.29, 1.82) is 0 Å². The summed E-state index contributed by atoms with van der Waals surface area (Å²) in [7, 11) is 10.2. The number of nitrogens with zero attached hydrogens (tertiary/aromatic N) is 3. The Kier molecular flexibility index (Phi) is 19.8. The molecule has 7 heteroatoms. The Morgan fingerprint density at radius 2 is 1.17 bits per heavy atom. The van der Waals surface area contributed by atoms with Gasteiger partial charge in [-0.2, -0.15) is 0 Å². The third-order valence-electron chi connectivity index (χ3n) is 7.08. The number of methoxy groups -OCH3 is 1. The molecule has 0 spiro atoms. The van der Waals surface area contributed by atoms with Crippen LogP contribution in [0.4, 0.5) is 0 Å². The van der Waals surface area contributed by atoms with E-state index < -0.39 is 0 Å². The fourth-order valence-corrected chi connectivity index (χ4v) is 7.98. The number of likely N-dealkylation sites (N-methyl/N-ethyl adjacent to an activating group) is 2. The van der Waals surface area contributed by atoms with Crippen molar-refractivity contribution < 1.29 is 9.84 Å². The fourth-order valence-electron chi connectivity index (χ4n) is 3.73. The summed E-state index contributed by atoms with van der Waals surface area (Å²) in [4.78, 5) is 11.5. The Labute approximate surface area is 268 Å². The van der Waals surface area contributed by atoms with Crippen molar-refractivity contribution in [3.8, 4) is 11.5 Å². The molecular formula is C35H55N3O2Se2. The Balaban J connectivity index is 0.000000328. The molecule has 0 saturated heterocycles. The quantitative estimate of drug-likeness (QED) is 0.148. The molecule has 5 nitrogen and oxygen atoms in total. The van der Waals surface area contributed by atoms with Crippen LogP contribution in [0.5, 0.6) is 11.5 Å². The molecule has 2 aromatic carbocycles. The molecule has 42 heavy (non-hydrogen) atoms. The second-order valence-electron chi connectivity index (χ2n) is 10.4. The van der Waals surface area contributed by atoms with Gasteiger partial charge < -0.3 is 4.90 Å². The molecule has 0 amide bonds. The SMILES string of the molecule is C/C=C\C.CCN(C)C.CCN(C)CCc1c[se]c2cccc(O)c12.CCN(C)CCc1c[se]c2cccc(OC)c12. The van der Waals surface area contributed by atoms with Gasteiger partial charge in [-0.1, -0.05) is 19.1 Å². The maximum absolute atomic E-state index is 9.88. The van der Waals surface area contributed by atoms with Crippen LogP contribution in [0.1, 0.15) is 45.7 Å². The van der Waals surface area contributed by atoms with Crippen LogP contribution in [0.25, 0.3) is 19.3 Å². The number of hydrogen-bond acceptors (Lipinski definition) is 5. The summed E-state index contributed by atoms with van der Waals surface area (Å²) in [6.45, 7) is 16.0. The van der Waals surface area contributed by atoms with Gasteiger partial charge in [0.1, 0.15) is 0 Å². The average Bonchev–Trinajstić information content (AvgIpc) is 3.64. The Hall–Kier alpha value is -1.82. The number of phenols is 1. The van der Waals surface area contributed by atoms with Gasteiger partial charge in [-0.25, -0.2) is 0 Å². The number of allylic oxidation sites excluding steroid dienone is 2. The van der Waals surface area contributed by atoms with Gasteiger partial charge in [-0.15, -0.1) is 0 Å². The van der Waals surface area contributed by atoms with Crippen molar-refractivity contribution in [2.75, 3.05) is 68.0 Å². The zero-order valence-corrected chi connectivity index (χ0v) is 31.2. The minimum absolute atomic E-state index is 0.411. The molecule has 2 aromatic heterocycles. The van der Waals surface area contributed by atoms with Crippen LogP contribution in [-0.2, 0) is 12.8 Å². The zero-order valence-electron chi connectivity index (χ0n) is 27.7. The zero-order chi connectivity index (χ0) is 31.5. The maximum atomic E-state index is 9.88. The van der Waals surface area contributed by atoms with Gasteiger partial charge in [-0.05, 0) is 34.5 Å². The standard InChI is InChI=1S/C14H19NOSe.C13H17NOSe.C4H11N.C4H8/c1-4-15(2)9-8-11-10-17-13-7-5-6-12(16-3)14(11)13;1-3-14(2)8-7-10-9-16-12-6-4-5-11(15)13(10)12;1-4-5(2)3;1-3-4-2/h5-7,10H,4,8-9H2,1-3H3;4-6,9,15H,3,7-8H2,1-2H3;4H2,1-3H3;3-4H,1-2H3/b;;;4-3-. The summed E-state index contributed by atoms with van der Waals surface area (Å²) >= 11 is 0.901. The first kappa shape index (κ1) is 38.2. The van der Waals surface area contributed by atoms with Gasteiger partial charge in [0.25, 0.3) is 0 Å². The number of hydrogen-bond donors (Lipinski definition) is 1. The number of aromatic hydroxyl groups is 1. The molecule has 0 aliphatic heterocycles. The topological polar surface area (TPSA) is 39.2 Å². The fraction of sp³-hybridized carbons (Fsp3) is 0.486. The van der Waals surface area contributed by atoms with E-state index >= 15 is 0 Å². The number of benzene rings is 2. The number of ether oxygens (including phenoxy) is 1. The van der Waals surface area contributed by atoms with Crippen molar-refractivity contribution in [2.45, 2.75) is 47.5 Å². The molecule has 0 bridgehead atoms. The van der Waals surface area contributed by atoms with E-state index in [0.717, 1.165) is 56.7 Å². The second-order valence-corrected chi connectivity index (χ2v) is 14.2. The molecule has 0 fully saturated rings. The molecular weight excluding hydrogens is 652 g/mol. The van der Waals surface area contributed by atoms with E-state index in [9.17, 15) is 5.11 Å². The van der Waals surface area contributed by atoms with E-state index in [1.165, 1.54) is 25.0 Å². The van der Waals surface area contributed by atoms with Crippen molar-refractivity contribution >= 4 is 48.3 Å². The molecule has 0 atom stereocenters. The third-order valence-corrected chi connectivity index (χ3v) is 11.3. The predicted molar refractivity (Wildman–Crippen MR) is 188 cm³/mol. The first-order valence-electron chi connectivity index (χ1n) is 15.0. The Bertz CT molecular complexity index is 1290. The molecule has 4 rings (SSSR count). The Morgan fingerprint density at radius 1 is 0.714 bits per heavy atom. The van der Waals surface area contributed by atoms with Crippen LogP contribution >= 0.6 is 0 Å². The molecule has 234 valence electrons. The van der Waals surface area contributed by atoms with E-state index in [-0.39, 0.29) is 0 Å². The van der Waals surface area contributed by atoms with Crippen molar-refractivity contribution in [1.82, 2.24) is 14.7 Å². The third kappa shape index (κ3) is 13.2. The predicted octanol–water partition coefficient (Wildman–Crippen LogP) is 6.65. The van der Waals surface area contributed by atoms with Gasteiger partial charge in [0.15, 0.2) is 0 Å². The summed E-state index contributed by atoms with van der Waals surface area (Å²) in [5, 5.41) is 12.3. The van der Waals surface area contributed by atoms with E-state index in [2.05, 4.69) is 97.8 Å². The van der Waals surface area contributed by atoms with E-state index in [1.54, 1.807) is 13.2 Å². The summed E-state index contributed by atoms with van der Waals surface area (Å²) in [5.74, 6) is 1.48. The normalized spacial score (nSPS) is 11.0. The molecule has 1 N–H and O–H groups in total. The molecule has 0 saturated carbocycles. The van der Waals surface area contributed by atoms with E-state index in [4.69, 9.17) is 4.74 Å². The number of rotatable bonds is 10. The van der Waals surface area contributed by atoms with Crippen molar-refractivity contribution in [3.05, 3.63) is 69.6 Å². The molecule has 0 unspecified atom stereocenters. The van der Waals surface area contributed by atoms with Gasteiger partial charge in [-0.3, -0.25) is 0 Å². The minimum atomic E-state index is 0.411. The van der Waals surface area contributed by atoms with Crippen LogP contribution in [0, 0.1) is 0 Å². The van der Waals surface area contributed by atoms with Gasteiger partial charge in [0, 0.05) is 0 Å². The van der Waals surface area contributed by atoms with E-state index in [1.807, 2.05) is 32.1 Å². The monoisotopic (exact) mass is 709 g/mol. The molecule has 4 aromatic rings. The molecule has 0 aliphatic carbocycles. The molecule has 2 heterocycles. The van der Waals surface area contributed by atoms with Crippen LogP contribution in [0.2, 0.25) is 0 Å². The number of phenolic OH excluding ortho intramolecular Hbond substituents is 1. The van der Waals surface area contributed by atoms with Crippen molar-refractivity contribution in [2.24, 2.45) is 0 Å². The first-order chi connectivity index (χ1) is 20.2. The Morgan fingerprint density at radius 3 is 1.60 bits per heavy atom. The van der Waals surface area contributed by atoms with Crippen molar-refractivity contribution in [3.63, 3.8) is 0 Å². The van der Waals surface area contributed by atoms with Gasteiger partial charge in [0.05, 0.1) is 0 Å². The van der Waals surface area contributed by atoms with E-state index in [0.29, 0.717) is 34.8 Å².